The molecule has 0 amide bonds. The van der Waals surface area contributed by atoms with Crippen molar-refractivity contribution in [3.63, 3.8) is 0 Å². The van der Waals surface area contributed by atoms with Gasteiger partial charge in [-0.25, -0.2) is 4.79 Å². The van der Waals surface area contributed by atoms with Crippen LogP contribution in [0.15, 0.2) is 40.9 Å². The number of phenols is 3. The monoisotopic (exact) mass is 324 g/mol. The van der Waals surface area contributed by atoms with Gasteiger partial charge in [0.1, 0.15) is 5.75 Å². The number of phenolic OH excluding ortho intramolecular Hbond substituents is 3. The highest BCUT2D eigenvalue weighted by atomic mass is 79.9. The zero-order valence-electron chi connectivity index (χ0n) is 9.50. The largest absolute Gasteiger partial charge is 0.504 e. The van der Waals surface area contributed by atoms with Gasteiger partial charge in [-0.2, -0.15) is 0 Å². The Labute approximate surface area is 116 Å². The molecule has 0 bridgehead atoms. The molecule has 2 aromatic carbocycles. The molecule has 0 fully saturated rings. The summed E-state index contributed by atoms with van der Waals surface area (Å²) in [7, 11) is 0. The molecule has 19 heavy (non-hydrogen) atoms. The third kappa shape index (κ3) is 2.97. The third-order valence-corrected chi connectivity index (χ3v) is 2.86. The lowest BCUT2D eigenvalue weighted by Gasteiger charge is -2.06. The van der Waals surface area contributed by atoms with Crippen LogP contribution in [-0.2, 0) is 0 Å². The first kappa shape index (κ1) is 13.2. The van der Waals surface area contributed by atoms with Crippen molar-refractivity contribution in [2.45, 2.75) is 0 Å². The van der Waals surface area contributed by atoms with E-state index in [9.17, 15) is 20.1 Å². The first-order chi connectivity index (χ1) is 8.97. The number of rotatable bonds is 2. The minimum absolute atomic E-state index is 0.0734. The Morgan fingerprint density at radius 3 is 2.05 bits per heavy atom. The number of ether oxygens (including phenoxy) is 1. The molecule has 3 N–H and O–H groups in total. The molecule has 0 saturated heterocycles. The van der Waals surface area contributed by atoms with E-state index in [4.69, 9.17) is 4.74 Å². The average Bonchev–Trinajstić information content (AvgIpc) is 2.38. The lowest BCUT2D eigenvalue weighted by Crippen LogP contribution is -2.08. The second-order valence-electron chi connectivity index (χ2n) is 3.71. The van der Waals surface area contributed by atoms with Crippen LogP contribution < -0.4 is 4.74 Å². The van der Waals surface area contributed by atoms with E-state index < -0.39 is 23.2 Å². The van der Waals surface area contributed by atoms with Crippen LogP contribution in [0.5, 0.6) is 23.0 Å². The third-order valence-electron chi connectivity index (χ3n) is 2.33. The Morgan fingerprint density at radius 2 is 1.53 bits per heavy atom. The summed E-state index contributed by atoms with van der Waals surface area (Å²) in [4.78, 5) is 11.8. The Hall–Kier alpha value is -2.21. The van der Waals surface area contributed by atoms with E-state index in [1.54, 1.807) is 24.3 Å². The quantitative estimate of drug-likeness (QED) is 0.449. The molecular formula is C13H9BrO5. The number of hydrogen-bond acceptors (Lipinski definition) is 5. The average molecular weight is 325 g/mol. The molecule has 0 unspecified atom stereocenters. The van der Waals surface area contributed by atoms with E-state index in [0.717, 1.165) is 16.6 Å². The fourth-order valence-corrected chi connectivity index (χ4v) is 1.65. The fourth-order valence-electron chi connectivity index (χ4n) is 1.39. The zero-order valence-corrected chi connectivity index (χ0v) is 11.1. The van der Waals surface area contributed by atoms with Crippen LogP contribution in [0.2, 0.25) is 0 Å². The molecule has 0 aliphatic rings. The SMILES string of the molecule is O=C(Oc1ccc(Br)cc1)c1cc(O)c(O)c(O)c1. The first-order valence-corrected chi connectivity index (χ1v) is 5.99. The van der Waals surface area contributed by atoms with E-state index in [1.807, 2.05) is 0 Å². The summed E-state index contributed by atoms with van der Waals surface area (Å²) < 4.78 is 5.88. The fraction of sp³-hybridized carbons (Fsp3) is 0. The number of carbonyl (C=O) groups is 1. The van der Waals surface area contributed by atoms with Crippen LogP contribution in [0.1, 0.15) is 10.4 Å². The van der Waals surface area contributed by atoms with Crippen LogP contribution >= 0.6 is 15.9 Å². The number of esters is 1. The van der Waals surface area contributed by atoms with Gasteiger partial charge in [-0.15, -0.1) is 0 Å². The van der Waals surface area contributed by atoms with Gasteiger partial charge in [0.2, 0.25) is 0 Å². The standard InChI is InChI=1S/C13H9BrO5/c14-8-1-3-9(4-2-8)19-13(18)7-5-10(15)12(17)11(16)6-7/h1-6,15-17H. The molecule has 0 radical (unpaired) electrons. The molecule has 2 rings (SSSR count). The lowest BCUT2D eigenvalue weighted by atomic mass is 10.2. The van der Waals surface area contributed by atoms with E-state index >= 15 is 0 Å². The predicted molar refractivity (Wildman–Crippen MR) is 70.5 cm³/mol. The van der Waals surface area contributed by atoms with Gasteiger partial charge < -0.3 is 20.1 Å². The Balaban J connectivity index is 2.23. The number of carbonyl (C=O) groups excluding carboxylic acids is 1. The van der Waals surface area contributed by atoms with Gasteiger partial charge in [-0.1, -0.05) is 15.9 Å². The van der Waals surface area contributed by atoms with E-state index in [0.29, 0.717) is 5.75 Å². The lowest BCUT2D eigenvalue weighted by molar-refractivity contribution is 0.0733. The van der Waals surface area contributed by atoms with Crippen molar-refractivity contribution in [3.8, 4) is 23.0 Å². The minimum Gasteiger partial charge on any atom is -0.504 e. The van der Waals surface area contributed by atoms with Crippen molar-refractivity contribution in [3.05, 3.63) is 46.4 Å². The van der Waals surface area contributed by atoms with Gasteiger partial charge in [-0.05, 0) is 36.4 Å². The molecule has 0 heterocycles. The summed E-state index contributed by atoms with van der Waals surface area (Å²) in [5.41, 5.74) is -0.0734. The predicted octanol–water partition coefficient (Wildman–Crippen LogP) is 2.79. The van der Waals surface area contributed by atoms with E-state index in [-0.39, 0.29) is 5.56 Å². The first-order valence-electron chi connectivity index (χ1n) is 5.20. The molecule has 0 aliphatic heterocycles. The number of hydrogen-bond donors (Lipinski definition) is 3. The molecule has 5 nitrogen and oxygen atoms in total. The number of benzene rings is 2. The summed E-state index contributed by atoms with van der Waals surface area (Å²) in [5, 5.41) is 27.8. The summed E-state index contributed by atoms with van der Waals surface area (Å²) in [6.07, 6.45) is 0. The maximum atomic E-state index is 11.8. The maximum Gasteiger partial charge on any atom is 0.343 e. The summed E-state index contributed by atoms with van der Waals surface area (Å²) in [6.45, 7) is 0. The van der Waals surface area contributed by atoms with Crippen LogP contribution in [-0.4, -0.2) is 21.3 Å². The van der Waals surface area contributed by atoms with Crippen LogP contribution in [0, 0.1) is 0 Å². The Bertz CT molecular complexity index is 598. The van der Waals surface area contributed by atoms with Crippen molar-refractivity contribution < 1.29 is 24.9 Å². The summed E-state index contributed by atoms with van der Waals surface area (Å²) in [5.74, 6) is -2.31. The van der Waals surface area contributed by atoms with Crippen molar-refractivity contribution in [1.82, 2.24) is 0 Å². The second-order valence-corrected chi connectivity index (χ2v) is 4.62. The van der Waals surface area contributed by atoms with Crippen molar-refractivity contribution in [2.24, 2.45) is 0 Å². The van der Waals surface area contributed by atoms with Gasteiger partial charge >= 0.3 is 5.97 Å². The summed E-state index contributed by atoms with van der Waals surface area (Å²) in [6, 6.07) is 8.60. The smallest absolute Gasteiger partial charge is 0.343 e. The van der Waals surface area contributed by atoms with Gasteiger partial charge in [0.15, 0.2) is 17.2 Å². The van der Waals surface area contributed by atoms with Gasteiger partial charge in [0.25, 0.3) is 0 Å². The second kappa shape index (κ2) is 5.19. The molecule has 0 spiro atoms. The molecule has 2 aromatic rings. The van der Waals surface area contributed by atoms with Crippen molar-refractivity contribution >= 4 is 21.9 Å². The normalized spacial score (nSPS) is 10.2. The highest BCUT2D eigenvalue weighted by Crippen LogP contribution is 2.35. The molecule has 0 aliphatic carbocycles. The van der Waals surface area contributed by atoms with Gasteiger partial charge in [-0.3, -0.25) is 0 Å². The topological polar surface area (TPSA) is 87.0 Å². The van der Waals surface area contributed by atoms with Gasteiger partial charge in [0, 0.05) is 4.47 Å². The highest BCUT2D eigenvalue weighted by Gasteiger charge is 2.15. The number of halogens is 1. The number of aromatic hydroxyl groups is 3. The Kier molecular flexibility index (Phi) is 3.62. The summed E-state index contributed by atoms with van der Waals surface area (Å²) >= 11 is 3.25. The van der Waals surface area contributed by atoms with E-state index in [1.165, 1.54) is 0 Å². The maximum absolute atomic E-state index is 11.8. The minimum atomic E-state index is -0.757. The molecule has 0 atom stereocenters. The molecule has 98 valence electrons. The molecule has 6 heteroatoms. The molecule has 0 aromatic heterocycles. The Morgan fingerprint density at radius 1 is 1.00 bits per heavy atom. The molecule has 0 saturated carbocycles. The van der Waals surface area contributed by atoms with Gasteiger partial charge in [0.05, 0.1) is 5.56 Å². The van der Waals surface area contributed by atoms with E-state index in [2.05, 4.69) is 15.9 Å². The van der Waals surface area contributed by atoms with Crippen LogP contribution in [0.25, 0.3) is 0 Å². The molecular weight excluding hydrogens is 316 g/mol. The highest BCUT2D eigenvalue weighted by molar-refractivity contribution is 9.10. The van der Waals surface area contributed by atoms with Crippen LogP contribution in [0.4, 0.5) is 0 Å². The van der Waals surface area contributed by atoms with Crippen molar-refractivity contribution in [1.29, 1.82) is 0 Å². The van der Waals surface area contributed by atoms with Crippen LogP contribution in [0.3, 0.4) is 0 Å². The van der Waals surface area contributed by atoms with Crippen molar-refractivity contribution in [2.75, 3.05) is 0 Å². The zero-order chi connectivity index (χ0) is 14.0.